The van der Waals surface area contributed by atoms with Crippen LogP contribution in [0.3, 0.4) is 0 Å². The van der Waals surface area contributed by atoms with Crippen LogP contribution in [-0.2, 0) is 12.6 Å². The Morgan fingerprint density at radius 2 is 1.95 bits per heavy atom. The molecule has 21 heavy (non-hydrogen) atoms. The molecule has 0 bridgehead atoms. The van der Waals surface area contributed by atoms with Crippen molar-refractivity contribution in [1.82, 2.24) is 5.43 Å². The van der Waals surface area contributed by atoms with Crippen molar-refractivity contribution in [1.29, 1.82) is 0 Å². The first kappa shape index (κ1) is 16.4. The molecule has 8 heteroatoms. The van der Waals surface area contributed by atoms with E-state index in [1.807, 2.05) is 0 Å². The van der Waals surface area contributed by atoms with Crippen molar-refractivity contribution < 1.29 is 17.6 Å². The average Bonchev–Trinajstić information content (AvgIpc) is 2.80. The number of halogens is 5. The number of hydrazine groups is 1. The number of alkyl halides is 3. The van der Waals surface area contributed by atoms with Crippen molar-refractivity contribution in [3.63, 3.8) is 0 Å². The fraction of sp³-hybridized carbons (Fsp3) is 0.231. The molecular formula is C13H11BrF4N2S. The fourth-order valence-corrected chi connectivity index (χ4v) is 3.53. The molecule has 2 rings (SSSR count). The van der Waals surface area contributed by atoms with Crippen molar-refractivity contribution in [2.75, 3.05) is 0 Å². The quantitative estimate of drug-likeness (QED) is 0.466. The van der Waals surface area contributed by atoms with Crippen LogP contribution in [0.2, 0.25) is 0 Å². The summed E-state index contributed by atoms with van der Waals surface area (Å²) < 4.78 is 53.3. The lowest BCUT2D eigenvalue weighted by Gasteiger charge is -2.20. The van der Waals surface area contributed by atoms with Gasteiger partial charge in [0.2, 0.25) is 0 Å². The highest BCUT2D eigenvalue weighted by atomic mass is 79.9. The Labute approximate surface area is 131 Å². The van der Waals surface area contributed by atoms with Gasteiger partial charge >= 0.3 is 6.18 Å². The second-order valence-electron chi connectivity index (χ2n) is 4.36. The lowest BCUT2D eigenvalue weighted by atomic mass is 9.97. The molecule has 1 aromatic carbocycles. The zero-order valence-electron chi connectivity index (χ0n) is 10.5. The summed E-state index contributed by atoms with van der Waals surface area (Å²) in [4.78, 5) is 0.835. The van der Waals surface area contributed by atoms with Gasteiger partial charge in [0, 0.05) is 11.3 Å². The second-order valence-corrected chi connectivity index (χ2v) is 6.91. The van der Waals surface area contributed by atoms with E-state index in [1.165, 1.54) is 11.3 Å². The Hall–Kier alpha value is -0.960. The Bertz CT molecular complexity index is 627. The number of benzene rings is 1. The Morgan fingerprint density at radius 1 is 1.24 bits per heavy atom. The summed E-state index contributed by atoms with van der Waals surface area (Å²) in [6.45, 7) is 0. The summed E-state index contributed by atoms with van der Waals surface area (Å²) >= 11 is 4.67. The third kappa shape index (κ3) is 4.03. The van der Waals surface area contributed by atoms with Crippen LogP contribution in [0.1, 0.15) is 22.0 Å². The normalized spacial score (nSPS) is 13.4. The van der Waals surface area contributed by atoms with Gasteiger partial charge in [-0.1, -0.05) is 0 Å². The molecule has 0 saturated carbocycles. The Morgan fingerprint density at radius 3 is 2.48 bits per heavy atom. The topological polar surface area (TPSA) is 38.0 Å². The van der Waals surface area contributed by atoms with E-state index < -0.39 is 23.6 Å². The van der Waals surface area contributed by atoms with Gasteiger partial charge in [0.25, 0.3) is 0 Å². The maximum Gasteiger partial charge on any atom is 0.416 e. The first-order valence-electron chi connectivity index (χ1n) is 5.88. The minimum Gasteiger partial charge on any atom is -0.271 e. The van der Waals surface area contributed by atoms with E-state index in [4.69, 9.17) is 5.84 Å². The van der Waals surface area contributed by atoms with Gasteiger partial charge in [-0.3, -0.25) is 11.3 Å². The van der Waals surface area contributed by atoms with Crippen LogP contribution in [0.25, 0.3) is 0 Å². The number of nitrogens with two attached hydrogens (primary N) is 1. The van der Waals surface area contributed by atoms with Crippen molar-refractivity contribution in [2.45, 2.75) is 18.6 Å². The molecule has 0 aliphatic rings. The van der Waals surface area contributed by atoms with E-state index in [0.717, 1.165) is 26.9 Å². The molecule has 1 atom stereocenters. The van der Waals surface area contributed by atoms with Crippen LogP contribution >= 0.6 is 27.3 Å². The van der Waals surface area contributed by atoms with Crippen LogP contribution in [0.5, 0.6) is 0 Å². The van der Waals surface area contributed by atoms with Crippen LogP contribution < -0.4 is 11.3 Å². The average molecular weight is 383 g/mol. The molecule has 0 spiro atoms. The molecule has 0 fully saturated rings. The number of hydrogen-bond donors (Lipinski definition) is 2. The SMILES string of the molecule is NNC(Cc1ccc(Br)s1)c1cc(F)ccc1C(F)(F)F. The molecule has 0 aliphatic heterocycles. The number of hydrogen-bond acceptors (Lipinski definition) is 3. The predicted octanol–water partition coefficient (Wildman–Crippen LogP) is 4.42. The minimum absolute atomic E-state index is 0.200. The van der Waals surface area contributed by atoms with E-state index in [-0.39, 0.29) is 12.0 Å². The first-order chi connectivity index (χ1) is 9.81. The highest BCUT2D eigenvalue weighted by Gasteiger charge is 2.35. The molecule has 1 unspecified atom stereocenters. The highest BCUT2D eigenvalue weighted by molar-refractivity contribution is 9.11. The molecule has 0 saturated heterocycles. The number of rotatable bonds is 4. The molecule has 2 nitrogen and oxygen atoms in total. The fourth-order valence-electron chi connectivity index (χ4n) is 2.00. The van der Waals surface area contributed by atoms with Crippen LogP contribution in [-0.4, -0.2) is 0 Å². The third-order valence-corrected chi connectivity index (χ3v) is 4.58. The van der Waals surface area contributed by atoms with Crippen molar-refractivity contribution in [3.05, 3.63) is 55.9 Å². The maximum atomic E-state index is 13.3. The Balaban J connectivity index is 2.39. The highest BCUT2D eigenvalue weighted by Crippen LogP contribution is 2.36. The van der Waals surface area contributed by atoms with Crippen LogP contribution in [0.15, 0.2) is 34.1 Å². The molecule has 0 amide bonds. The van der Waals surface area contributed by atoms with Gasteiger partial charge in [-0.05, 0) is 51.8 Å². The lowest BCUT2D eigenvalue weighted by molar-refractivity contribution is -0.138. The van der Waals surface area contributed by atoms with E-state index in [9.17, 15) is 17.6 Å². The summed E-state index contributed by atoms with van der Waals surface area (Å²) in [6, 6.07) is 5.15. The second kappa shape index (κ2) is 6.43. The monoisotopic (exact) mass is 382 g/mol. The summed E-state index contributed by atoms with van der Waals surface area (Å²) in [6.07, 6.45) is -4.33. The summed E-state index contributed by atoms with van der Waals surface area (Å²) in [5, 5.41) is 0. The number of thiophene rings is 1. The minimum atomic E-state index is -4.56. The van der Waals surface area contributed by atoms with Gasteiger partial charge < -0.3 is 0 Å². The van der Waals surface area contributed by atoms with Gasteiger partial charge in [-0.2, -0.15) is 13.2 Å². The zero-order chi connectivity index (χ0) is 15.6. The smallest absolute Gasteiger partial charge is 0.271 e. The van der Waals surface area contributed by atoms with Crippen molar-refractivity contribution >= 4 is 27.3 Å². The van der Waals surface area contributed by atoms with E-state index >= 15 is 0 Å². The standard InChI is InChI=1S/C13H11BrF4N2S/c14-12-4-2-8(21-12)6-11(20-19)9-5-7(15)1-3-10(9)13(16,17)18/h1-5,11,20H,6,19H2. The van der Waals surface area contributed by atoms with E-state index in [1.54, 1.807) is 12.1 Å². The predicted molar refractivity (Wildman–Crippen MR) is 77.2 cm³/mol. The van der Waals surface area contributed by atoms with Crippen LogP contribution in [0.4, 0.5) is 17.6 Å². The first-order valence-corrected chi connectivity index (χ1v) is 7.49. The summed E-state index contributed by atoms with van der Waals surface area (Å²) in [5.74, 6) is 4.64. The molecule has 1 heterocycles. The number of nitrogens with one attached hydrogen (secondary N) is 1. The molecule has 0 aliphatic carbocycles. The van der Waals surface area contributed by atoms with E-state index in [0.29, 0.717) is 0 Å². The van der Waals surface area contributed by atoms with Crippen molar-refractivity contribution in [2.24, 2.45) is 5.84 Å². The van der Waals surface area contributed by atoms with Gasteiger partial charge in [0.15, 0.2) is 0 Å². The molecule has 114 valence electrons. The largest absolute Gasteiger partial charge is 0.416 e. The molecule has 2 aromatic rings. The lowest BCUT2D eigenvalue weighted by Crippen LogP contribution is -2.31. The molecule has 3 N–H and O–H groups in total. The third-order valence-electron chi connectivity index (χ3n) is 2.93. The molecule has 1 aromatic heterocycles. The summed E-state index contributed by atoms with van der Waals surface area (Å²) in [5.41, 5.74) is 1.25. The van der Waals surface area contributed by atoms with Gasteiger partial charge in [-0.15, -0.1) is 11.3 Å². The molecular weight excluding hydrogens is 372 g/mol. The van der Waals surface area contributed by atoms with Crippen LogP contribution in [0, 0.1) is 5.82 Å². The van der Waals surface area contributed by atoms with Crippen molar-refractivity contribution in [3.8, 4) is 0 Å². The van der Waals surface area contributed by atoms with Gasteiger partial charge in [0.05, 0.1) is 15.4 Å². The van der Waals surface area contributed by atoms with Gasteiger partial charge in [0.1, 0.15) is 5.82 Å². The zero-order valence-corrected chi connectivity index (χ0v) is 12.9. The van der Waals surface area contributed by atoms with E-state index in [2.05, 4.69) is 21.4 Å². The van der Waals surface area contributed by atoms with Gasteiger partial charge in [-0.25, -0.2) is 4.39 Å². The maximum absolute atomic E-state index is 13.3. The summed E-state index contributed by atoms with van der Waals surface area (Å²) in [7, 11) is 0. The molecule has 0 radical (unpaired) electrons. The Kier molecular flexibility index (Phi) is 5.03.